The highest BCUT2D eigenvalue weighted by molar-refractivity contribution is 9.10. The zero-order valence-electron chi connectivity index (χ0n) is 11.4. The number of carbonyl (C=O) groups is 1. The highest BCUT2D eigenvalue weighted by Crippen LogP contribution is 2.26. The fourth-order valence-electron chi connectivity index (χ4n) is 2.28. The van der Waals surface area contributed by atoms with Crippen molar-refractivity contribution < 1.29 is 9.53 Å². The molecule has 0 bridgehead atoms. The zero-order valence-corrected chi connectivity index (χ0v) is 13.0. The molecule has 0 saturated heterocycles. The van der Waals surface area contributed by atoms with E-state index in [0.29, 0.717) is 0 Å². The Bertz CT molecular complexity index is 811. The van der Waals surface area contributed by atoms with E-state index in [0.717, 1.165) is 26.9 Å². The summed E-state index contributed by atoms with van der Waals surface area (Å²) in [5, 5.41) is 0. The summed E-state index contributed by atoms with van der Waals surface area (Å²) < 4.78 is 7.64. The number of halogens is 1. The van der Waals surface area contributed by atoms with Crippen molar-refractivity contribution in [3.63, 3.8) is 0 Å². The topological polar surface area (TPSA) is 44.1 Å². The number of nitrogens with zero attached hydrogens (tertiary/aromatic N) is 2. The van der Waals surface area contributed by atoms with Crippen LogP contribution < -0.4 is 0 Å². The normalized spacial score (nSPS) is 10.8. The van der Waals surface area contributed by atoms with Crippen LogP contribution in [0, 0.1) is 0 Å². The van der Waals surface area contributed by atoms with Gasteiger partial charge in [0.2, 0.25) is 0 Å². The van der Waals surface area contributed by atoms with Crippen molar-refractivity contribution in [2.45, 2.75) is 6.54 Å². The number of carbonyl (C=O) groups excluding carboxylic acids is 1. The van der Waals surface area contributed by atoms with Gasteiger partial charge in [0.25, 0.3) is 0 Å². The second-order valence-electron chi connectivity index (χ2n) is 4.60. The standard InChI is InChI=1S/C16H13BrN2O2/c1-21-15(20)10-19-14-8-3-2-7-13(14)18-16(19)11-5-4-6-12(17)9-11/h2-9H,10H2,1H3. The first-order valence-electron chi connectivity index (χ1n) is 6.47. The summed E-state index contributed by atoms with van der Waals surface area (Å²) in [5.41, 5.74) is 2.72. The van der Waals surface area contributed by atoms with E-state index >= 15 is 0 Å². The van der Waals surface area contributed by atoms with Crippen molar-refractivity contribution >= 4 is 32.9 Å². The van der Waals surface area contributed by atoms with Crippen LogP contribution >= 0.6 is 15.9 Å². The molecular formula is C16H13BrN2O2. The summed E-state index contributed by atoms with van der Waals surface area (Å²) in [5.74, 6) is 0.456. The Morgan fingerprint density at radius 2 is 2.05 bits per heavy atom. The smallest absolute Gasteiger partial charge is 0.325 e. The molecule has 106 valence electrons. The molecule has 0 aliphatic rings. The Labute approximate surface area is 130 Å². The molecule has 0 atom stereocenters. The number of hydrogen-bond donors (Lipinski definition) is 0. The van der Waals surface area contributed by atoms with Crippen LogP contribution in [0.4, 0.5) is 0 Å². The molecule has 1 aromatic heterocycles. The van der Waals surface area contributed by atoms with E-state index in [1.165, 1.54) is 7.11 Å². The fourth-order valence-corrected chi connectivity index (χ4v) is 2.68. The molecule has 0 aliphatic carbocycles. The molecule has 21 heavy (non-hydrogen) atoms. The molecule has 0 saturated carbocycles. The Kier molecular flexibility index (Phi) is 3.75. The van der Waals surface area contributed by atoms with Gasteiger partial charge in [-0.25, -0.2) is 4.98 Å². The summed E-state index contributed by atoms with van der Waals surface area (Å²) in [4.78, 5) is 16.3. The van der Waals surface area contributed by atoms with Crippen LogP contribution in [0.2, 0.25) is 0 Å². The maximum absolute atomic E-state index is 11.7. The molecule has 0 spiro atoms. The van der Waals surface area contributed by atoms with Gasteiger partial charge in [-0.05, 0) is 24.3 Å². The van der Waals surface area contributed by atoms with Crippen molar-refractivity contribution in [3.8, 4) is 11.4 Å². The number of para-hydroxylation sites is 2. The molecule has 2 aromatic carbocycles. The summed E-state index contributed by atoms with van der Waals surface area (Å²) in [6.45, 7) is 0.138. The molecular weight excluding hydrogens is 332 g/mol. The van der Waals surface area contributed by atoms with E-state index in [1.807, 2.05) is 53.1 Å². The number of imidazole rings is 1. The van der Waals surface area contributed by atoms with E-state index in [2.05, 4.69) is 20.9 Å². The van der Waals surface area contributed by atoms with Crippen molar-refractivity contribution in [2.75, 3.05) is 7.11 Å². The van der Waals surface area contributed by atoms with E-state index in [1.54, 1.807) is 0 Å². The molecule has 0 fully saturated rings. The van der Waals surface area contributed by atoms with E-state index in [4.69, 9.17) is 4.74 Å². The van der Waals surface area contributed by atoms with Gasteiger partial charge in [0, 0.05) is 10.0 Å². The van der Waals surface area contributed by atoms with Crippen molar-refractivity contribution in [2.24, 2.45) is 0 Å². The monoisotopic (exact) mass is 344 g/mol. The van der Waals surface area contributed by atoms with Gasteiger partial charge < -0.3 is 9.30 Å². The van der Waals surface area contributed by atoms with Crippen LogP contribution in [0.25, 0.3) is 22.4 Å². The minimum Gasteiger partial charge on any atom is -0.468 e. The van der Waals surface area contributed by atoms with Crippen LogP contribution in [0.3, 0.4) is 0 Å². The quantitative estimate of drug-likeness (QED) is 0.681. The number of ether oxygens (including phenoxy) is 1. The lowest BCUT2D eigenvalue weighted by atomic mass is 10.2. The predicted octanol–water partition coefficient (Wildman–Crippen LogP) is 3.64. The van der Waals surface area contributed by atoms with Crippen LogP contribution in [0.15, 0.2) is 53.0 Å². The molecule has 0 aliphatic heterocycles. The lowest BCUT2D eigenvalue weighted by Crippen LogP contribution is -2.12. The number of methoxy groups -OCH3 is 1. The summed E-state index contributed by atoms with van der Waals surface area (Å²) in [7, 11) is 1.39. The Hall–Kier alpha value is -2.14. The Morgan fingerprint density at radius 1 is 1.24 bits per heavy atom. The minimum atomic E-state index is -0.297. The molecule has 0 amide bonds. The average molecular weight is 345 g/mol. The van der Waals surface area contributed by atoms with Crippen LogP contribution in [-0.4, -0.2) is 22.6 Å². The van der Waals surface area contributed by atoms with E-state index in [9.17, 15) is 4.79 Å². The third-order valence-electron chi connectivity index (χ3n) is 3.25. The number of aromatic nitrogens is 2. The van der Waals surface area contributed by atoms with Gasteiger partial charge in [-0.1, -0.05) is 40.2 Å². The molecule has 5 heteroatoms. The fraction of sp³-hybridized carbons (Fsp3) is 0.125. The first-order chi connectivity index (χ1) is 10.2. The lowest BCUT2D eigenvalue weighted by molar-refractivity contribution is -0.141. The third-order valence-corrected chi connectivity index (χ3v) is 3.75. The number of fused-ring (bicyclic) bond motifs is 1. The van der Waals surface area contributed by atoms with Crippen LogP contribution in [-0.2, 0) is 16.1 Å². The molecule has 3 aromatic rings. The number of rotatable bonds is 3. The molecule has 4 nitrogen and oxygen atoms in total. The second kappa shape index (κ2) is 5.69. The SMILES string of the molecule is COC(=O)Cn1c(-c2cccc(Br)c2)nc2ccccc21. The summed E-state index contributed by atoms with van der Waals surface area (Å²) >= 11 is 3.46. The molecule has 3 rings (SSSR count). The minimum absolute atomic E-state index is 0.138. The van der Waals surface area contributed by atoms with Crippen molar-refractivity contribution in [1.82, 2.24) is 9.55 Å². The van der Waals surface area contributed by atoms with Crippen LogP contribution in [0.1, 0.15) is 0 Å². The van der Waals surface area contributed by atoms with Gasteiger partial charge in [0.05, 0.1) is 18.1 Å². The Morgan fingerprint density at radius 3 is 2.81 bits per heavy atom. The summed E-state index contributed by atoms with van der Waals surface area (Å²) in [6, 6.07) is 15.6. The van der Waals surface area contributed by atoms with Gasteiger partial charge in [-0.3, -0.25) is 4.79 Å². The van der Waals surface area contributed by atoms with Gasteiger partial charge in [0.1, 0.15) is 12.4 Å². The first kappa shape index (κ1) is 13.8. The third kappa shape index (κ3) is 2.69. The van der Waals surface area contributed by atoms with Gasteiger partial charge in [-0.2, -0.15) is 0 Å². The highest BCUT2D eigenvalue weighted by atomic mass is 79.9. The first-order valence-corrected chi connectivity index (χ1v) is 7.26. The summed E-state index contributed by atoms with van der Waals surface area (Å²) in [6.07, 6.45) is 0. The van der Waals surface area contributed by atoms with Gasteiger partial charge in [0.15, 0.2) is 0 Å². The molecule has 1 heterocycles. The highest BCUT2D eigenvalue weighted by Gasteiger charge is 2.15. The zero-order chi connectivity index (χ0) is 14.8. The maximum Gasteiger partial charge on any atom is 0.325 e. The lowest BCUT2D eigenvalue weighted by Gasteiger charge is -2.08. The van der Waals surface area contributed by atoms with Crippen molar-refractivity contribution in [1.29, 1.82) is 0 Å². The maximum atomic E-state index is 11.7. The largest absolute Gasteiger partial charge is 0.468 e. The van der Waals surface area contributed by atoms with Crippen molar-refractivity contribution in [3.05, 3.63) is 53.0 Å². The van der Waals surface area contributed by atoms with Crippen LogP contribution in [0.5, 0.6) is 0 Å². The van der Waals surface area contributed by atoms with E-state index < -0.39 is 0 Å². The van der Waals surface area contributed by atoms with Gasteiger partial charge in [-0.15, -0.1) is 0 Å². The molecule has 0 N–H and O–H groups in total. The molecule has 0 radical (unpaired) electrons. The van der Waals surface area contributed by atoms with Gasteiger partial charge >= 0.3 is 5.97 Å². The number of benzene rings is 2. The molecule has 0 unspecified atom stereocenters. The number of hydrogen-bond acceptors (Lipinski definition) is 3. The average Bonchev–Trinajstić information content (AvgIpc) is 2.86. The number of esters is 1. The van der Waals surface area contributed by atoms with E-state index in [-0.39, 0.29) is 12.5 Å². The predicted molar refractivity (Wildman–Crippen MR) is 84.9 cm³/mol. The second-order valence-corrected chi connectivity index (χ2v) is 5.51. The Balaban J connectivity index is 2.21.